The van der Waals surface area contributed by atoms with Gasteiger partial charge in [-0.2, -0.15) is 0 Å². The molecule has 31 heavy (non-hydrogen) atoms. The summed E-state index contributed by atoms with van der Waals surface area (Å²) in [6.07, 6.45) is 1.12. The zero-order chi connectivity index (χ0) is 22.9. The van der Waals surface area contributed by atoms with E-state index in [-0.39, 0.29) is 10.5 Å². The average molecular weight is 507 g/mol. The molecule has 1 heterocycles. The molecule has 0 amide bonds. The van der Waals surface area contributed by atoms with Crippen LogP contribution in [0.15, 0.2) is 60.3 Å². The number of aromatic hydroxyl groups is 1. The molecule has 0 radical (unpaired) electrons. The summed E-state index contributed by atoms with van der Waals surface area (Å²) in [6.45, 7) is 3.65. The third-order valence-corrected chi connectivity index (χ3v) is 7.10. The van der Waals surface area contributed by atoms with E-state index in [4.69, 9.17) is 0 Å². The predicted octanol–water partition coefficient (Wildman–Crippen LogP) is 2.27. The first kappa shape index (κ1) is 22.7. The van der Waals surface area contributed by atoms with Gasteiger partial charge in [0.25, 0.3) is 5.56 Å². The van der Waals surface area contributed by atoms with Crippen molar-refractivity contribution in [1.29, 1.82) is 0 Å². The number of nitrogens with zero attached hydrogens (tertiary/aromatic N) is 2. The SMILES string of the molecule is CNS(=O)(=O)c1ccc(N=Cc2c(O)n(-c3ccc(Br)c(C)c3C)c(=O)[nH]c2=O)cc1. The van der Waals surface area contributed by atoms with Crippen molar-refractivity contribution >= 4 is 37.9 Å². The molecule has 0 aliphatic carbocycles. The van der Waals surface area contributed by atoms with Crippen molar-refractivity contribution in [1.82, 2.24) is 14.3 Å². The van der Waals surface area contributed by atoms with E-state index in [9.17, 15) is 23.1 Å². The molecular formula is C20H19BrN4O5S. The van der Waals surface area contributed by atoms with Crippen LogP contribution in [0.1, 0.15) is 16.7 Å². The Balaban J connectivity index is 2.08. The molecule has 0 unspecified atom stereocenters. The zero-order valence-corrected chi connectivity index (χ0v) is 19.2. The van der Waals surface area contributed by atoms with Crippen molar-refractivity contribution in [3.05, 3.63) is 78.4 Å². The van der Waals surface area contributed by atoms with E-state index in [0.29, 0.717) is 11.4 Å². The maximum Gasteiger partial charge on any atom is 0.335 e. The highest BCUT2D eigenvalue weighted by Gasteiger charge is 2.17. The van der Waals surface area contributed by atoms with Crippen LogP contribution in [-0.4, -0.2) is 36.3 Å². The molecule has 3 rings (SSSR count). The second kappa shape index (κ2) is 8.61. The molecule has 3 aromatic rings. The van der Waals surface area contributed by atoms with Gasteiger partial charge in [-0.3, -0.25) is 14.8 Å². The summed E-state index contributed by atoms with van der Waals surface area (Å²) in [4.78, 5) is 31.1. The van der Waals surface area contributed by atoms with Crippen molar-refractivity contribution in [2.24, 2.45) is 4.99 Å². The fourth-order valence-electron chi connectivity index (χ4n) is 2.86. The molecule has 0 bridgehead atoms. The largest absolute Gasteiger partial charge is 0.493 e. The van der Waals surface area contributed by atoms with Gasteiger partial charge in [0.2, 0.25) is 15.9 Å². The first-order valence-electron chi connectivity index (χ1n) is 8.99. The van der Waals surface area contributed by atoms with Crippen molar-refractivity contribution < 1.29 is 13.5 Å². The normalized spacial score (nSPS) is 11.9. The van der Waals surface area contributed by atoms with Crippen LogP contribution in [0.3, 0.4) is 0 Å². The van der Waals surface area contributed by atoms with Crippen molar-refractivity contribution in [2.45, 2.75) is 18.7 Å². The number of hydrogen-bond acceptors (Lipinski definition) is 6. The molecule has 9 nitrogen and oxygen atoms in total. The van der Waals surface area contributed by atoms with Gasteiger partial charge in [-0.1, -0.05) is 15.9 Å². The quantitative estimate of drug-likeness (QED) is 0.456. The number of aromatic nitrogens is 2. The van der Waals surface area contributed by atoms with Gasteiger partial charge in [0, 0.05) is 10.7 Å². The summed E-state index contributed by atoms with van der Waals surface area (Å²) in [5.74, 6) is -0.559. The van der Waals surface area contributed by atoms with Crippen molar-refractivity contribution in [2.75, 3.05) is 7.05 Å². The van der Waals surface area contributed by atoms with E-state index in [1.165, 1.54) is 31.3 Å². The molecule has 0 spiro atoms. The number of benzene rings is 2. The summed E-state index contributed by atoms with van der Waals surface area (Å²) < 4.78 is 27.6. The van der Waals surface area contributed by atoms with Crippen LogP contribution in [-0.2, 0) is 10.0 Å². The first-order chi connectivity index (χ1) is 14.6. The molecule has 2 aromatic carbocycles. The van der Waals surface area contributed by atoms with Gasteiger partial charge in [-0.15, -0.1) is 0 Å². The minimum atomic E-state index is -3.59. The Labute approximate surface area is 186 Å². The van der Waals surface area contributed by atoms with Gasteiger partial charge in [0.15, 0.2) is 0 Å². The molecular weight excluding hydrogens is 488 g/mol. The van der Waals surface area contributed by atoms with Crippen molar-refractivity contribution in [3.8, 4) is 11.6 Å². The number of rotatable bonds is 5. The van der Waals surface area contributed by atoms with Gasteiger partial charge < -0.3 is 5.11 Å². The zero-order valence-electron chi connectivity index (χ0n) is 16.8. The van der Waals surface area contributed by atoms with E-state index >= 15 is 0 Å². The van der Waals surface area contributed by atoms with Gasteiger partial charge in [-0.25, -0.2) is 22.5 Å². The fourth-order valence-corrected chi connectivity index (χ4v) is 4.02. The number of aliphatic imine (C=N–C) groups is 1. The molecule has 162 valence electrons. The van der Waals surface area contributed by atoms with E-state index in [1.807, 2.05) is 6.92 Å². The number of hydrogen-bond donors (Lipinski definition) is 3. The molecule has 11 heteroatoms. The Morgan fingerprint density at radius 1 is 1.10 bits per heavy atom. The Hall–Kier alpha value is -3.02. The predicted molar refractivity (Wildman–Crippen MR) is 121 cm³/mol. The van der Waals surface area contributed by atoms with Crippen LogP contribution in [0.4, 0.5) is 5.69 Å². The highest BCUT2D eigenvalue weighted by Crippen LogP contribution is 2.26. The third-order valence-electron chi connectivity index (χ3n) is 4.81. The number of nitrogens with one attached hydrogen (secondary N) is 2. The average Bonchev–Trinajstić information content (AvgIpc) is 2.73. The van der Waals surface area contributed by atoms with E-state index in [1.54, 1.807) is 19.1 Å². The van der Waals surface area contributed by atoms with Gasteiger partial charge in [-0.05, 0) is 68.4 Å². The molecule has 3 N–H and O–H groups in total. The summed E-state index contributed by atoms with van der Waals surface area (Å²) in [5.41, 5.74) is 0.573. The lowest BCUT2D eigenvalue weighted by molar-refractivity contribution is 0.430. The highest BCUT2D eigenvalue weighted by molar-refractivity contribution is 9.10. The summed E-state index contributed by atoms with van der Waals surface area (Å²) in [6, 6.07) is 9.00. The van der Waals surface area contributed by atoms with E-state index < -0.39 is 27.2 Å². The highest BCUT2D eigenvalue weighted by atomic mass is 79.9. The lowest BCUT2D eigenvalue weighted by Gasteiger charge is -2.14. The van der Waals surface area contributed by atoms with Crippen LogP contribution in [0, 0.1) is 13.8 Å². The molecule has 0 saturated carbocycles. The Morgan fingerprint density at radius 2 is 1.74 bits per heavy atom. The van der Waals surface area contributed by atoms with Gasteiger partial charge >= 0.3 is 5.69 Å². The second-order valence-corrected chi connectivity index (χ2v) is 9.35. The van der Waals surface area contributed by atoms with Gasteiger partial charge in [0.1, 0.15) is 5.56 Å². The van der Waals surface area contributed by atoms with Crippen LogP contribution in [0.25, 0.3) is 5.69 Å². The topological polar surface area (TPSA) is 134 Å². The third kappa shape index (κ3) is 4.38. The maximum atomic E-state index is 12.4. The minimum Gasteiger partial charge on any atom is -0.493 e. The maximum absolute atomic E-state index is 12.4. The van der Waals surface area contributed by atoms with E-state index in [2.05, 4.69) is 30.6 Å². The smallest absolute Gasteiger partial charge is 0.335 e. The lowest BCUT2D eigenvalue weighted by Crippen LogP contribution is -2.31. The molecule has 0 aliphatic heterocycles. The molecule has 0 fully saturated rings. The Kier molecular flexibility index (Phi) is 6.30. The lowest BCUT2D eigenvalue weighted by atomic mass is 10.1. The second-order valence-electron chi connectivity index (χ2n) is 6.61. The van der Waals surface area contributed by atoms with Crippen LogP contribution in [0.5, 0.6) is 5.88 Å². The number of aromatic amines is 1. The van der Waals surface area contributed by atoms with Crippen LogP contribution >= 0.6 is 15.9 Å². The molecule has 1 aromatic heterocycles. The Morgan fingerprint density at radius 3 is 2.35 bits per heavy atom. The number of halogens is 1. The first-order valence-corrected chi connectivity index (χ1v) is 11.3. The minimum absolute atomic E-state index is 0.0595. The van der Waals surface area contributed by atoms with E-state index in [0.717, 1.165) is 26.4 Å². The van der Waals surface area contributed by atoms with Crippen molar-refractivity contribution in [3.63, 3.8) is 0 Å². The monoisotopic (exact) mass is 506 g/mol. The summed E-state index contributed by atoms with van der Waals surface area (Å²) in [5, 5.41) is 10.7. The molecule has 0 saturated heterocycles. The van der Waals surface area contributed by atoms with Crippen LogP contribution < -0.4 is 16.0 Å². The fraction of sp³-hybridized carbons (Fsp3) is 0.150. The molecule has 0 aliphatic rings. The summed E-state index contributed by atoms with van der Waals surface area (Å²) in [7, 11) is -2.28. The Bertz CT molecular complexity index is 1410. The summed E-state index contributed by atoms with van der Waals surface area (Å²) >= 11 is 3.42. The molecule has 0 atom stereocenters. The standard InChI is InChI=1S/C20H19BrN4O5S/c1-11-12(2)17(9-8-16(11)21)25-19(27)15(18(26)24-20(25)28)10-23-13-4-6-14(7-5-13)31(29,30)22-3/h4-10,22,27H,1-3H3,(H,24,26,28). The van der Waals surface area contributed by atoms with Gasteiger partial charge in [0.05, 0.1) is 16.3 Å². The number of H-pyrrole nitrogens is 1. The number of sulfonamides is 1. The van der Waals surface area contributed by atoms with Crippen LogP contribution in [0.2, 0.25) is 0 Å².